The molecule has 5 nitrogen and oxygen atoms in total. The summed E-state index contributed by atoms with van der Waals surface area (Å²) in [7, 11) is 0. The van der Waals surface area contributed by atoms with Crippen LogP contribution in [-0.4, -0.2) is 9.55 Å². The molecule has 1 heterocycles. The van der Waals surface area contributed by atoms with Crippen LogP contribution in [0.1, 0.15) is 16.7 Å². The van der Waals surface area contributed by atoms with Crippen molar-refractivity contribution in [1.29, 1.82) is 0 Å². The highest BCUT2D eigenvalue weighted by Crippen LogP contribution is 2.32. The first-order chi connectivity index (χ1) is 12.3. The van der Waals surface area contributed by atoms with Crippen molar-refractivity contribution >= 4 is 27.5 Å². The molecule has 0 amide bonds. The van der Waals surface area contributed by atoms with Gasteiger partial charge in [0.15, 0.2) is 0 Å². The van der Waals surface area contributed by atoms with Gasteiger partial charge in [0.25, 0.3) is 5.56 Å². The first-order valence-corrected chi connectivity index (χ1v) is 9.04. The van der Waals surface area contributed by atoms with Crippen LogP contribution in [0.4, 0.5) is 0 Å². The maximum absolute atomic E-state index is 11.9. The fourth-order valence-electron chi connectivity index (χ4n) is 2.48. The summed E-state index contributed by atoms with van der Waals surface area (Å²) in [4.78, 5) is 25.5. The maximum atomic E-state index is 11.9. The lowest BCUT2D eigenvalue weighted by atomic mass is 10.1. The number of aromatic amines is 1. The van der Waals surface area contributed by atoms with Gasteiger partial charge >= 0.3 is 5.69 Å². The molecule has 1 N–H and O–H groups in total. The van der Waals surface area contributed by atoms with Crippen LogP contribution in [-0.2, 0) is 6.54 Å². The zero-order valence-electron chi connectivity index (χ0n) is 14.2. The van der Waals surface area contributed by atoms with E-state index >= 15 is 0 Å². The lowest BCUT2D eigenvalue weighted by Gasteiger charge is -2.13. The van der Waals surface area contributed by atoms with Gasteiger partial charge in [0, 0.05) is 6.20 Å². The molecule has 0 aliphatic rings. The highest BCUT2D eigenvalue weighted by atomic mass is 79.9. The number of aromatic nitrogens is 2. The first kappa shape index (κ1) is 18.5. The molecule has 0 radical (unpaired) electrons. The van der Waals surface area contributed by atoms with Crippen molar-refractivity contribution < 1.29 is 4.74 Å². The Morgan fingerprint density at radius 1 is 1.15 bits per heavy atom. The van der Waals surface area contributed by atoms with Crippen molar-refractivity contribution in [3.05, 3.63) is 89.6 Å². The Labute approximate surface area is 163 Å². The van der Waals surface area contributed by atoms with Crippen LogP contribution in [0.15, 0.2) is 56.7 Å². The number of nitrogens with zero attached hydrogens (tertiary/aromatic N) is 1. The van der Waals surface area contributed by atoms with Gasteiger partial charge in [0.05, 0.1) is 16.0 Å². The van der Waals surface area contributed by atoms with E-state index in [1.165, 1.54) is 10.8 Å². The molecule has 0 aliphatic heterocycles. The molecule has 3 rings (SSSR count). The predicted molar refractivity (Wildman–Crippen MR) is 106 cm³/mol. The predicted octanol–water partition coefficient (Wildman–Crippen LogP) is 4.41. The van der Waals surface area contributed by atoms with E-state index in [4.69, 9.17) is 16.3 Å². The molecular formula is C19H16BrClN2O3. The third-order valence-electron chi connectivity index (χ3n) is 4.09. The minimum atomic E-state index is -0.481. The second-order valence-corrected chi connectivity index (χ2v) is 7.19. The van der Waals surface area contributed by atoms with Gasteiger partial charge in [-0.3, -0.25) is 14.3 Å². The van der Waals surface area contributed by atoms with Crippen molar-refractivity contribution in [2.75, 3.05) is 0 Å². The molecule has 0 aliphatic carbocycles. The van der Waals surface area contributed by atoms with E-state index in [1.807, 2.05) is 38.1 Å². The summed E-state index contributed by atoms with van der Waals surface area (Å²) in [6, 6.07) is 11.2. The molecule has 0 fully saturated rings. The molecule has 7 heteroatoms. The van der Waals surface area contributed by atoms with Crippen LogP contribution in [0, 0.1) is 13.8 Å². The molecule has 0 bridgehead atoms. The maximum Gasteiger partial charge on any atom is 0.328 e. The van der Waals surface area contributed by atoms with E-state index in [0.29, 0.717) is 10.8 Å². The Bertz CT molecular complexity index is 1090. The summed E-state index contributed by atoms with van der Waals surface area (Å²) in [5.41, 5.74) is 2.06. The molecule has 0 saturated heterocycles. The number of ether oxygens (including phenoxy) is 1. The smallest absolute Gasteiger partial charge is 0.328 e. The van der Waals surface area contributed by atoms with E-state index in [0.717, 1.165) is 22.4 Å². The number of hydrogen-bond acceptors (Lipinski definition) is 3. The van der Waals surface area contributed by atoms with Gasteiger partial charge in [-0.05, 0) is 64.7 Å². The molecule has 0 saturated carbocycles. The molecule has 134 valence electrons. The van der Waals surface area contributed by atoms with Gasteiger partial charge in [-0.15, -0.1) is 0 Å². The summed E-state index contributed by atoms with van der Waals surface area (Å²) >= 11 is 9.47. The summed E-state index contributed by atoms with van der Waals surface area (Å²) in [6.07, 6.45) is 1.45. The van der Waals surface area contributed by atoms with E-state index in [1.54, 1.807) is 12.1 Å². The average molecular weight is 436 g/mol. The first-order valence-electron chi connectivity index (χ1n) is 7.87. The number of H-pyrrole nitrogens is 1. The Kier molecular flexibility index (Phi) is 5.34. The molecule has 26 heavy (non-hydrogen) atoms. The Morgan fingerprint density at radius 2 is 1.92 bits per heavy atom. The fourth-order valence-corrected chi connectivity index (χ4v) is 3.06. The normalized spacial score (nSPS) is 10.8. The molecule has 0 spiro atoms. The molecule has 2 aromatic carbocycles. The monoisotopic (exact) mass is 434 g/mol. The van der Waals surface area contributed by atoms with Crippen LogP contribution < -0.4 is 16.0 Å². The molecule has 3 aromatic rings. The van der Waals surface area contributed by atoms with E-state index in [9.17, 15) is 9.59 Å². The SMILES string of the molecule is Cc1cccc(Oc2ccc(Cn3cc(Br)c(=O)[nH]c3=O)cc2Cl)c1C. The lowest BCUT2D eigenvalue weighted by molar-refractivity contribution is 0.478. The van der Waals surface area contributed by atoms with Crippen molar-refractivity contribution in [1.82, 2.24) is 9.55 Å². The van der Waals surface area contributed by atoms with Gasteiger partial charge in [-0.2, -0.15) is 0 Å². The van der Waals surface area contributed by atoms with Gasteiger partial charge in [-0.25, -0.2) is 4.79 Å². The van der Waals surface area contributed by atoms with Crippen LogP contribution in [0.25, 0.3) is 0 Å². The quantitative estimate of drug-likeness (QED) is 0.660. The summed E-state index contributed by atoms with van der Waals surface area (Å²) in [5.74, 6) is 1.29. The summed E-state index contributed by atoms with van der Waals surface area (Å²) in [5, 5.41) is 0.444. The zero-order valence-corrected chi connectivity index (χ0v) is 16.5. The number of halogens is 2. The second kappa shape index (κ2) is 7.51. The molecular weight excluding hydrogens is 420 g/mol. The standard InChI is InChI=1S/C19H16BrClN2O3/c1-11-4-3-5-16(12(11)2)26-17-7-6-13(8-15(17)21)9-23-10-14(20)18(24)22-19(23)25/h3-8,10H,9H2,1-2H3,(H,22,24,25). The lowest BCUT2D eigenvalue weighted by Crippen LogP contribution is -2.30. The van der Waals surface area contributed by atoms with E-state index < -0.39 is 11.2 Å². The molecule has 0 atom stereocenters. The third kappa shape index (κ3) is 3.92. The zero-order chi connectivity index (χ0) is 18.8. The van der Waals surface area contributed by atoms with E-state index in [-0.39, 0.29) is 11.0 Å². The topological polar surface area (TPSA) is 64.1 Å². The number of nitrogens with one attached hydrogen (secondary N) is 1. The number of rotatable bonds is 4. The van der Waals surface area contributed by atoms with Gasteiger partial charge in [0.2, 0.25) is 0 Å². The summed E-state index contributed by atoms with van der Waals surface area (Å²) in [6.45, 7) is 4.29. The second-order valence-electron chi connectivity index (χ2n) is 5.93. The Balaban J connectivity index is 1.86. The average Bonchev–Trinajstić information content (AvgIpc) is 2.59. The van der Waals surface area contributed by atoms with Gasteiger partial charge < -0.3 is 4.74 Å². The third-order valence-corrected chi connectivity index (χ3v) is 4.95. The molecule has 0 unspecified atom stereocenters. The fraction of sp³-hybridized carbons (Fsp3) is 0.158. The van der Waals surface area contributed by atoms with Crippen molar-refractivity contribution in [2.45, 2.75) is 20.4 Å². The Morgan fingerprint density at radius 3 is 2.65 bits per heavy atom. The van der Waals surface area contributed by atoms with Crippen molar-refractivity contribution in [2.24, 2.45) is 0 Å². The van der Waals surface area contributed by atoms with Crippen LogP contribution in [0.5, 0.6) is 11.5 Å². The highest BCUT2D eigenvalue weighted by Gasteiger charge is 2.09. The number of aryl methyl sites for hydroxylation is 1. The van der Waals surface area contributed by atoms with Crippen LogP contribution in [0.2, 0.25) is 5.02 Å². The number of hydrogen-bond donors (Lipinski definition) is 1. The largest absolute Gasteiger partial charge is 0.456 e. The van der Waals surface area contributed by atoms with Crippen molar-refractivity contribution in [3.8, 4) is 11.5 Å². The molecule has 1 aromatic heterocycles. The Hall–Kier alpha value is -2.31. The minimum absolute atomic E-state index is 0.275. The summed E-state index contributed by atoms with van der Waals surface area (Å²) < 4.78 is 7.61. The number of benzene rings is 2. The van der Waals surface area contributed by atoms with Gasteiger partial charge in [-0.1, -0.05) is 29.8 Å². The van der Waals surface area contributed by atoms with Crippen LogP contribution >= 0.6 is 27.5 Å². The van der Waals surface area contributed by atoms with Crippen LogP contribution in [0.3, 0.4) is 0 Å². The van der Waals surface area contributed by atoms with Gasteiger partial charge in [0.1, 0.15) is 11.5 Å². The minimum Gasteiger partial charge on any atom is -0.456 e. The van der Waals surface area contributed by atoms with Crippen molar-refractivity contribution in [3.63, 3.8) is 0 Å². The van der Waals surface area contributed by atoms with E-state index in [2.05, 4.69) is 20.9 Å². The highest BCUT2D eigenvalue weighted by molar-refractivity contribution is 9.10.